The molecule has 0 saturated carbocycles. The van der Waals surface area contributed by atoms with Crippen LogP contribution in [0.2, 0.25) is 0 Å². The standard InChI is InChI=1S/C22H24N2O6/c1-13(26)24(11-14-6-9-29-12-14)17-10-16(22(28)23-7-8-25)19-15-4-2-3-5-18(15)30-21(19)20(17)27/h2-6,9-10,12,17,19-21,25,27H,7-8,11H2,1H3,(H,23,28)/t17-,19+,20+,21+/m1/s1. The zero-order chi connectivity index (χ0) is 21.3. The lowest BCUT2D eigenvalue weighted by Crippen LogP contribution is -2.55. The van der Waals surface area contributed by atoms with Gasteiger partial charge in [0.1, 0.15) is 18.0 Å². The number of nitrogens with zero attached hydrogens (tertiary/aromatic N) is 1. The Labute approximate surface area is 173 Å². The number of para-hydroxylation sites is 1. The van der Waals surface area contributed by atoms with Crippen LogP contribution < -0.4 is 10.1 Å². The number of nitrogens with one attached hydrogen (secondary N) is 1. The van der Waals surface area contributed by atoms with Gasteiger partial charge in [0.25, 0.3) is 0 Å². The highest BCUT2D eigenvalue weighted by molar-refractivity contribution is 5.96. The van der Waals surface area contributed by atoms with Gasteiger partial charge in [-0.3, -0.25) is 9.59 Å². The van der Waals surface area contributed by atoms with Crippen molar-refractivity contribution in [2.45, 2.75) is 37.6 Å². The van der Waals surface area contributed by atoms with Crippen molar-refractivity contribution in [1.29, 1.82) is 0 Å². The summed E-state index contributed by atoms with van der Waals surface area (Å²) in [5.41, 5.74) is 2.00. The first-order valence-electron chi connectivity index (χ1n) is 9.84. The predicted octanol–water partition coefficient (Wildman–Crippen LogP) is 0.951. The first kappa shape index (κ1) is 20.2. The summed E-state index contributed by atoms with van der Waals surface area (Å²) in [5.74, 6) is -0.463. The van der Waals surface area contributed by atoms with E-state index < -0.39 is 24.2 Å². The molecule has 0 fully saturated rings. The summed E-state index contributed by atoms with van der Waals surface area (Å²) < 4.78 is 11.1. The van der Waals surface area contributed by atoms with Crippen LogP contribution in [0.4, 0.5) is 0 Å². The number of aliphatic hydroxyl groups excluding tert-OH is 2. The lowest BCUT2D eigenvalue weighted by molar-refractivity contribution is -0.135. The van der Waals surface area contributed by atoms with Crippen LogP contribution in [0.1, 0.15) is 24.0 Å². The van der Waals surface area contributed by atoms with Crippen LogP contribution in [0.5, 0.6) is 5.75 Å². The number of fused-ring (bicyclic) bond motifs is 3. The van der Waals surface area contributed by atoms with Crippen molar-refractivity contribution in [3.05, 3.63) is 65.6 Å². The molecule has 0 bridgehead atoms. The van der Waals surface area contributed by atoms with E-state index >= 15 is 0 Å². The maximum atomic E-state index is 12.9. The van der Waals surface area contributed by atoms with Crippen LogP contribution in [0.15, 0.2) is 58.9 Å². The molecule has 3 N–H and O–H groups in total. The number of rotatable bonds is 6. The average molecular weight is 412 g/mol. The summed E-state index contributed by atoms with van der Waals surface area (Å²) in [4.78, 5) is 26.9. The van der Waals surface area contributed by atoms with Gasteiger partial charge in [0.2, 0.25) is 11.8 Å². The number of carbonyl (C=O) groups is 2. The second kappa shape index (κ2) is 8.33. The number of furan rings is 1. The third-order valence-corrected chi connectivity index (χ3v) is 5.57. The van der Waals surface area contributed by atoms with E-state index in [4.69, 9.17) is 14.3 Å². The minimum Gasteiger partial charge on any atom is -0.486 e. The summed E-state index contributed by atoms with van der Waals surface area (Å²) in [5, 5.41) is 23.0. The Kier molecular flexibility index (Phi) is 5.61. The number of ether oxygens (including phenoxy) is 1. The molecule has 4 rings (SSSR count). The SMILES string of the molecule is CC(=O)N(Cc1ccoc1)[C@@H]1C=C(C(=O)NCCO)[C@@H]2c3ccccc3O[C@@H]2[C@H]1O. The van der Waals surface area contributed by atoms with Gasteiger partial charge in [-0.2, -0.15) is 0 Å². The Balaban J connectivity index is 1.74. The van der Waals surface area contributed by atoms with Crippen molar-refractivity contribution in [3.63, 3.8) is 0 Å². The number of aliphatic hydroxyl groups is 2. The van der Waals surface area contributed by atoms with Crippen molar-refractivity contribution in [2.24, 2.45) is 0 Å². The van der Waals surface area contributed by atoms with E-state index in [-0.39, 0.29) is 31.5 Å². The molecule has 0 spiro atoms. The minimum atomic E-state index is -1.03. The van der Waals surface area contributed by atoms with Crippen LogP contribution in [0.25, 0.3) is 0 Å². The van der Waals surface area contributed by atoms with Crippen molar-refractivity contribution < 1.29 is 29.0 Å². The van der Waals surface area contributed by atoms with E-state index in [0.717, 1.165) is 11.1 Å². The van der Waals surface area contributed by atoms with Crippen LogP contribution in [0.3, 0.4) is 0 Å². The lowest BCUT2D eigenvalue weighted by atomic mass is 9.77. The van der Waals surface area contributed by atoms with Crippen molar-refractivity contribution in [3.8, 4) is 5.75 Å². The molecule has 1 aliphatic heterocycles. The highest BCUT2D eigenvalue weighted by Crippen LogP contribution is 2.47. The maximum absolute atomic E-state index is 12.9. The summed E-state index contributed by atoms with van der Waals surface area (Å²) in [7, 11) is 0. The van der Waals surface area contributed by atoms with Crippen molar-refractivity contribution in [2.75, 3.05) is 13.2 Å². The zero-order valence-corrected chi connectivity index (χ0v) is 16.5. The van der Waals surface area contributed by atoms with Gasteiger partial charge in [0.05, 0.1) is 31.1 Å². The highest BCUT2D eigenvalue weighted by Gasteiger charge is 2.50. The number of benzene rings is 1. The van der Waals surface area contributed by atoms with Gasteiger partial charge >= 0.3 is 0 Å². The van der Waals surface area contributed by atoms with E-state index in [9.17, 15) is 14.7 Å². The molecule has 4 atom stereocenters. The van der Waals surface area contributed by atoms with E-state index in [0.29, 0.717) is 11.3 Å². The fraction of sp³-hybridized carbons (Fsp3) is 0.364. The third kappa shape index (κ3) is 3.59. The fourth-order valence-electron chi connectivity index (χ4n) is 4.20. The summed E-state index contributed by atoms with van der Waals surface area (Å²) in [6.45, 7) is 1.56. The second-order valence-corrected chi connectivity index (χ2v) is 7.46. The topological polar surface area (TPSA) is 112 Å². The molecule has 0 unspecified atom stereocenters. The molecule has 30 heavy (non-hydrogen) atoms. The summed E-state index contributed by atoms with van der Waals surface area (Å²) in [6, 6.07) is 8.33. The Morgan fingerprint density at radius 2 is 2.03 bits per heavy atom. The molecule has 2 aliphatic rings. The quantitative estimate of drug-likeness (QED) is 0.651. The van der Waals surface area contributed by atoms with Gasteiger partial charge in [0, 0.05) is 36.7 Å². The van der Waals surface area contributed by atoms with Gasteiger partial charge in [0.15, 0.2) is 0 Å². The first-order chi connectivity index (χ1) is 14.5. The summed E-state index contributed by atoms with van der Waals surface area (Å²) >= 11 is 0. The third-order valence-electron chi connectivity index (χ3n) is 5.57. The molecule has 1 aromatic heterocycles. The monoisotopic (exact) mass is 412 g/mol. The molecule has 8 nitrogen and oxygen atoms in total. The molecule has 1 aliphatic carbocycles. The molecule has 0 radical (unpaired) electrons. The summed E-state index contributed by atoms with van der Waals surface area (Å²) in [6.07, 6.45) is 2.95. The van der Waals surface area contributed by atoms with E-state index in [1.54, 1.807) is 18.2 Å². The average Bonchev–Trinajstić information content (AvgIpc) is 3.39. The molecule has 1 aromatic carbocycles. The number of carbonyl (C=O) groups excluding carboxylic acids is 2. The molecule has 2 aromatic rings. The molecular formula is C22H24N2O6. The number of hydrogen-bond acceptors (Lipinski definition) is 6. The molecule has 2 amide bonds. The fourth-order valence-corrected chi connectivity index (χ4v) is 4.20. The van der Waals surface area contributed by atoms with E-state index in [1.165, 1.54) is 24.3 Å². The maximum Gasteiger partial charge on any atom is 0.247 e. The lowest BCUT2D eigenvalue weighted by Gasteiger charge is -2.40. The molecule has 158 valence electrons. The minimum absolute atomic E-state index is 0.106. The number of hydrogen-bond donors (Lipinski definition) is 3. The molecule has 8 heteroatoms. The molecular weight excluding hydrogens is 388 g/mol. The highest BCUT2D eigenvalue weighted by atomic mass is 16.5. The zero-order valence-electron chi connectivity index (χ0n) is 16.5. The van der Waals surface area contributed by atoms with Gasteiger partial charge in [-0.25, -0.2) is 0 Å². The van der Waals surface area contributed by atoms with Gasteiger partial charge in [-0.05, 0) is 18.2 Å². The first-order valence-corrected chi connectivity index (χ1v) is 9.84. The van der Waals surface area contributed by atoms with Crippen molar-refractivity contribution in [1.82, 2.24) is 10.2 Å². The van der Waals surface area contributed by atoms with Gasteiger partial charge in [-0.1, -0.05) is 18.2 Å². The molecule has 0 saturated heterocycles. The van der Waals surface area contributed by atoms with Crippen LogP contribution in [-0.4, -0.2) is 58.3 Å². The predicted molar refractivity (Wildman–Crippen MR) is 107 cm³/mol. The van der Waals surface area contributed by atoms with E-state index in [2.05, 4.69) is 5.32 Å². The van der Waals surface area contributed by atoms with Crippen LogP contribution in [0, 0.1) is 0 Å². The largest absolute Gasteiger partial charge is 0.486 e. The number of amides is 2. The Hall–Kier alpha value is -3.10. The normalized spacial score (nSPS) is 24.3. The smallest absolute Gasteiger partial charge is 0.247 e. The Morgan fingerprint density at radius 1 is 1.23 bits per heavy atom. The molecule has 2 heterocycles. The Bertz CT molecular complexity index is 954. The van der Waals surface area contributed by atoms with Crippen LogP contribution in [-0.2, 0) is 16.1 Å². The van der Waals surface area contributed by atoms with E-state index in [1.807, 2.05) is 18.2 Å². The Morgan fingerprint density at radius 3 is 2.73 bits per heavy atom. The van der Waals surface area contributed by atoms with Gasteiger partial charge in [-0.15, -0.1) is 0 Å². The van der Waals surface area contributed by atoms with Crippen molar-refractivity contribution >= 4 is 11.8 Å². The second-order valence-electron chi connectivity index (χ2n) is 7.46. The van der Waals surface area contributed by atoms with Crippen LogP contribution >= 0.6 is 0 Å². The van der Waals surface area contributed by atoms with Gasteiger partial charge < -0.3 is 29.6 Å².